The Kier molecular flexibility index (Phi) is 7.31. The van der Waals surface area contributed by atoms with E-state index in [2.05, 4.69) is 26.6 Å². The Morgan fingerprint density at radius 1 is 1.07 bits per heavy atom. The molecule has 2 rings (SSSR count). The number of nitrogens with one attached hydrogen (secondary N) is 2. The van der Waals surface area contributed by atoms with Gasteiger partial charge in [-0.25, -0.2) is 0 Å². The molecule has 2 N–H and O–H groups in total. The molecule has 7 heteroatoms. The van der Waals surface area contributed by atoms with Gasteiger partial charge in [0, 0.05) is 30.2 Å². The Balaban J connectivity index is 1.91. The van der Waals surface area contributed by atoms with Crippen LogP contribution in [0.2, 0.25) is 0 Å². The molecule has 0 heterocycles. The summed E-state index contributed by atoms with van der Waals surface area (Å²) in [5, 5.41) is 5.30. The maximum atomic E-state index is 12.2. The number of carbonyl (C=O) groups is 3. The Morgan fingerprint density at radius 3 is 2.37 bits per heavy atom. The minimum atomic E-state index is -0.298. The molecule has 0 saturated carbocycles. The first-order valence-corrected chi connectivity index (χ1v) is 8.99. The summed E-state index contributed by atoms with van der Waals surface area (Å²) in [7, 11) is 3.12. The first-order valence-electron chi connectivity index (χ1n) is 8.20. The monoisotopic (exact) mass is 429 g/mol. The molecular weight excluding hydrogens is 410 g/mol. The van der Waals surface area contributed by atoms with Crippen LogP contribution >= 0.6 is 15.9 Å². The summed E-state index contributed by atoms with van der Waals surface area (Å²) in [6, 6.07) is 14.1. The molecule has 2 aromatic carbocycles. The van der Waals surface area contributed by atoms with Gasteiger partial charge in [0.25, 0.3) is 5.91 Å². The molecule has 0 radical (unpaired) electrons. The van der Waals surface area contributed by atoms with Gasteiger partial charge in [0.15, 0.2) is 0 Å². The molecule has 27 heavy (non-hydrogen) atoms. The van der Waals surface area contributed by atoms with Crippen LogP contribution in [0.1, 0.15) is 15.9 Å². The topological polar surface area (TPSA) is 78.5 Å². The third-order valence-corrected chi connectivity index (χ3v) is 4.41. The second-order valence-corrected chi connectivity index (χ2v) is 6.61. The van der Waals surface area contributed by atoms with Crippen molar-refractivity contribution in [3.05, 3.63) is 70.2 Å². The van der Waals surface area contributed by atoms with Crippen molar-refractivity contribution in [2.75, 3.05) is 26.0 Å². The number of likely N-dealkylation sites (N-methyl/N-ethyl adjacent to an activating group) is 1. The van der Waals surface area contributed by atoms with Crippen LogP contribution < -0.4 is 10.6 Å². The van der Waals surface area contributed by atoms with Crippen LogP contribution in [0.3, 0.4) is 0 Å². The summed E-state index contributed by atoms with van der Waals surface area (Å²) in [4.78, 5) is 37.1. The third kappa shape index (κ3) is 6.07. The summed E-state index contributed by atoms with van der Waals surface area (Å²) in [6.07, 6.45) is 3.03. The zero-order valence-corrected chi connectivity index (χ0v) is 16.6. The molecule has 0 aliphatic heterocycles. The number of hydrogen-bond acceptors (Lipinski definition) is 3. The molecule has 0 unspecified atom stereocenters. The molecule has 0 aromatic heterocycles. The van der Waals surface area contributed by atoms with Gasteiger partial charge < -0.3 is 15.5 Å². The highest BCUT2D eigenvalue weighted by Crippen LogP contribution is 2.20. The number of nitrogens with zero attached hydrogens (tertiary/aromatic N) is 1. The first kappa shape index (κ1) is 20.4. The number of para-hydroxylation sites is 1. The van der Waals surface area contributed by atoms with Crippen LogP contribution in [0.15, 0.2) is 59.1 Å². The maximum absolute atomic E-state index is 12.2. The SMILES string of the molecule is CNC(=O)c1ccc(/C=C/C(=O)N(C)CC(=O)Nc2ccccc2Br)cc1. The molecule has 0 aliphatic carbocycles. The van der Waals surface area contributed by atoms with E-state index in [4.69, 9.17) is 0 Å². The average molecular weight is 430 g/mol. The number of halogens is 1. The standard InChI is InChI=1S/C20H20BrN3O3/c1-22-20(27)15-10-7-14(8-11-15)9-12-19(26)24(2)13-18(25)23-17-6-4-3-5-16(17)21/h3-12H,13H2,1-2H3,(H,22,27)(H,23,25)/b12-9+. The smallest absolute Gasteiger partial charge is 0.251 e. The predicted octanol–water partition coefficient (Wildman–Crippen LogP) is 2.92. The summed E-state index contributed by atoms with van der Waals surface area (Å²) >= 11 is 3.36. The minimum absolute atomic E-state index is 0.0693. The summed E-state index contributed by atoms with van der Waals surface area (Å²) in [6.45, 7) is -0.0693. The highest BCUT2D eigenvalue weighted by atomic mass is 79.9. The van der Waals surface area contributed by atoms with Gasteiger partial charge in [-0.3, -0.25) is 14.4 Å². The zero-order chi connectivity index (χ0) is 19.8. The molecular formula is C20H20BrN3O3. The van der Waals surface area contributed by atoms with Crippen molar-refractivity contribution >= 4 is 45.4 Å². The Morgan fingerprint density at radius 2 is 1.74 bits per heavy atom. The summed E-state index contributed by atoms with van der Waals surface area (Å²) < 4.78 is 0.771. The van der Waals surface area contributed by atoms with E-state index in [0.29, 0.717) is 11.3 Å². The van der Waals surface area contributed by atoms with Crippen LogP contribution in [-0.4, -0.2) is 43.3 Å². The van der Waals surface area contributed by atoms with Crippen molar-refractivity contribution in [2.45, 2.75) is 0 Å². The fourth-order valence-electron chi connectivity index (χ4n) is 2.23. The van der Waals surface area contributed by atoms with E-state index in [-0.39, 0.29) is 24.3 Å². The van der Waals surface area contributed by atoms with E-state index < -0.39 is 0 Å². The molecule has 2 aromatic rings. The normalized spacial score (nSPS) is 10.5. The molecule has 6 nitrogen and oxygen atoms in total. The van der Waals surface area contributed by atoms with E-state index in [0.717, 1.165) is 10.0 Å². The number of benzene rings is 2. The van der Waals surface area contributed by atoms with Gasteiger partial charge in [-0.2, -0.15) is 0 Å². The quantitative estimate of drug-likeness (QED) is 0.692. The molecule has 0 fully saturated rings. The Bertz CT molecular complexity index is 863. The van der Waals surface area contributed by atoms with Crippen molar-refractivity contribution < 1.29 is 14.4 Å². The molecule has 0 aliphatic rings. The van der Waals surface area contributed by atoms with Crippen LogP contribution in [0.25, 0.3) is 6.08 Å². The summed E-state index contributed by atoms with van der Waals surface area (Å²) in [5.74, 6) is -0.758. The second kappa shape index (κ2) is 9.68. The van der Waals surface area contributed by atoms with E-state index in [9.17, 15) is 14.4 Å². The van der Waals surface area contributed by atoms with E-state index in [1.807, 2.05) is 18.2 Å². The maximum Gasteiger partial charge on any atom is 0.251 e. The van der Waals surface area contributed by atoms with Crippen molar-refractivity contribution in [1.82, 2.24) is 10.2 Å². The fourth-order valence-corrected chi connectivity index (χ4v) is 2.61. The number of rotatable bonds is 6. The van der Waals surface area contributed by atoms with Crippen molar-refractivity contribution in [2.24, 2.45) is 0 Å². The van der Waals surface area contributed by atoms with Gasteiger partial charge >= 0.3 is 0 Å². The molecule has 0 spiro atoms. The van der Waals surface area contributed by atoms with Crippen molar-refractivity contribution in [1.29, 1.82) is 0 Å². The lowest BCUT2D eigenvalue weighted by molar-refractivity contribution is -0.129. The van der Waals surface area contributed by atoms with Crippen molar-refractivity contribution in [3.63, 3.8) is 0 Å². The number of anilines is 1. The largest absolute Gasteiger partial charge is 0.355 e. The Labute approximate surface area is 166 Å². The average Bonchev–Trinajstić information content (AvgIpc) is 2.67. The lowest BCUT2D eigenvalue weighted by Crippen LogP contribution is -2.33. The zero-order valence-electron chi connectivity index (χ0n) is 15.0. The van der Waals surface area contributed by atoms with E-state index >= 15 is 0 Å². The molecule has 140 valence electrons. The number of amides is 3. The van der Waals surface area contributed by atoms with Gasteiger partial charge in [0.1, 0.15) is 0 Å². The Hall–Kier alpha value is -2.93. The van der Waals surface area contributed by atoms with Gasteiger partial charge in [0.05, 0.1) is 12.2 Å². The van der Waals surface area contributed by atoms with E-state index in [1.165, 1.54) is 11.0 Å². The number of carbonyl (C=O) groups excluding carboxylic acids is 3. The third-order valence-electron chi connectivity index (χ3n) is 3.72. The predicted molar refractivity (Wildman–Crippen MR) is 109 cm³/mol. The van der Waals surface area contributed by atoms with Gasteiger partial charge in [-0.05, 0) is 51.8 Å². The fraction of sp³-hybridized carbons (Fsp3) is 0.150. The molecule has 0 bridgehead atoms. The van der Waals surface area contributed by atoms with Gasteiger partial charge in [-0.15, -0.1) is 0 Å². The van der Waals surface area contributed by atoms with Gasteiger partial charge in [0.2, 0.25) is 11.8 Å². The molecule has 0 atom stereocenters. The summed E-state index contributed by atoms with van der Waals surface area (Å²) in [5.41, 5.74) is 1.97. The van der Waals surface area contributed by atoms with Gasteiger partial charge in [-0.1, -0.05) is 24.3 Å². The van der Waals surface area contributed by atoms with Crippen LogP contribution in [0, 0.1) is 0 Å². The first-order chi connectivity index (χ1) is 12.9. The minimum Gasteiger partial charge on any atom is -0.355 e. The van der Waals surface area contributed by atoms with Crippen molar-refractivity contribution in [3.8, 4) is 0 Å². The second-order valence-electron chi connectivity index (χ2n) is 5.76. The number of hydrogen-bond donors (Lipinski definition) is 2. The molecule has 0 saturated heterocycles. The molecule has 3 amide bonds. The lowest BCUT2D eigenvalue weighted by Gasteiger charge is -2.15. The van der Waals surface area contributed by atoms with Crippen LogP contribution in [-0.2, 0) is 9.59 Å². The van der Waals surface area contributed by atoms with Crippen LogP contribution in [0.4, 0.5) is 5.69 Å². The van der Waals surface area contributed by atoms with Crippen LogP contribution in [0.5, 0.6) is 0 Å². The highest BCUT2D eigenvalue weighted by molar-refractivity contribution is 9.10. The highest BCUT2D eigenvalue weighted by Gasteiger charge is 2.11. The van der Waals surface area contributed by atoms with E-state index in [1.54, 1.807) is 50.5 Å². The lowest BCUT2D eigenvalue weighted by atomic mass is 10.1.